The molecular weight excluding hydrogens is 464 g/mol. The number of nitrogens with zero attached hydrogens (tertiary/aromatic N) is 5. The zero-order valence-corrected chi connectivity index (χ0v) is 20.0. The molecule has 180 valence electrons. The highest BCUT2D eigenvalue weighted by Gasteiger charge is 2.35. The normalized spacial score (nSPS) is 13.4. The third-order valence-corrected chi connectivity index (χ3v) is 6.82. The number of benzene rings is 3. The molecule has 3 aromatic carbocycles. The largest absolute Gasteiger partial charge is 0.350 e. The number of hydrogen-bond donors (Lipinski definition) is 1. The summed E-state index contributed by atoms with van der Waals surface area (Å²) in [5, 5.41) is 8.00. The number of aromatic nitrogens is 2. The molecule has 5 aromatic rings. The van der Waals surface area contributed by atoms with Crippen molar-refractivity contribution in [3.63, 3.8) is 0 Å². The molecule has 0 saturated carbocycles. The minimum Gasteiger partial charge on any atom is -0.350 e. The number of azide groups is 1. The van der Waals surface area contributed by atoms with Gasteiger partial charge in [0.1, 0.15) is 0 Å². The van der Waals surface area contributed by atoms with Gasteiger partial charge < -0.3 is 9.13 Å². The molecule has 3 heterocycles. The summed E-state index contributed by atoms with van der Waals surface area (Å²) in [6.45, 7) is 0.836. The molecule has 0 spiro atoms. The van der Waals surface area contributed by atoms with E-state index >= 15 is 0 Å². The maximum absolute atomic E-state index is 13.2. The van der Waals surface area contributed by atoms with Crippen LogP contribution in [0.4, 0.5) is 0 Å². The number of carbonyl (C=O) groups is 2. The summed E-state index contributed by atoms with van der Waals surface area (Å²) in [5.41, 5.74) is 14.8. The zero-order chi connectivity index (χ0) is 25.5. The molecule has 0 saturated heterocycles. The maximum Gasteiger partial charge on any atom is 0.259 e. The Morgan fingerprint density at radius 3 is 2.16 bits per heavy atom. The summed E-state index contributed by atoms with van der Waals surface area (Å²) in [6.07, 6.45) is 3.86. The van der Waals surface area contributed by atoms with E-state index in [1.807, 2.05) is 96.8 Å². The number of rotatable bonds is 6. The minimum absolute atomic E-state index is 0.283. The molecule has 1 aliphatic rings. The van der Waals surface area contributed by atoms with E-state index in [2.05, 4.69) is 19.9 Å². The Hall–Kier alpha value is -5.07. The molecule has 6 rings (SSSR count). The van der Waals surface area contributed by atoms with E-state index in [0.717, 1.165) is 38.5 Å². The van der Waals surface area contributed by atoms with Gasteiger partial charge in [-0.1, -0.05) is 65.8 Å². The second-order valence-electron chi connectivity index (χ2n) is 9.10. The summed E-state index contributed by atoms with van der Waals surface area (Å²) in [7, 11) is 1.93. The predicted octanol–water partition coefficient (Wildman–Crippen LogP) is 5.56. The van der Waals surface area contributed by atoms with Crippen LogP contribution in [0, 0.1) is 0 Å². The number of nitrogens with one attached hydrogen (secondary N) is 1. The van der Waals surface area contributed by atoms with Crippen molar-refractivity contribution in [3.05, 3.63) is 118 Å². The van der Waals surface area contributed by atoms with Crippen LogP contribution in [0.25, 0.3) is 43.4 Å². The highest BCUT2D eigenvalue weighted by molar-refractivity contribution is 6.50. The van der Waals surface area contributed by atoms with Crippen LogP contribution >= 0.6 is 0 Å². The first-order valence-corrected chi connectivity index (χ1v) is 11.9. The molecular formula is C29H22N6O2. The molecule has 1 N–H and O–H groups in total. The van der Waals surface area contributed by atoms with Crippen LogP contribution in [-0.4, -0.2) is 20.9 Å². The second-order valence-corrected chi connectivity index (χ2v) is 9.10. The molecule has 0 fully saturated rings. The van der Waals surface area contributed by atoms with Crippen LogP contribution in [0.15, 0.2) is 90.3 Å². The molecule has 2 amide bonds. The van der Waals surface area contributed by atoms with Crippen molar-refractivity contribution in [1.82, 2.24) is 14.5 Å². The highest BCUT2D eigenvalue weighted by atomic mass is 16.2. The van der Waals surface area contributed by atoms with Gasteiger partial charge in [-0.3, -0.25) is 14.9 Å². The lowest BCUT2D eigenvalue weighted by Crippen LogP contribution is -2.22. The minimum atomic E-state index is -0.396. The SMILES string of the molecule is Cn1cc(C2=C(c3cn(Cc4cccc(CN=[N+]=[N-])c4)c4ccccc34)C(=O)NC2=O)c2ccccc21. The lowest BCUT2D eigenvalue weighted by Gasteiger charge is -2.07. The van der Waals surface area contributed by atoms with E-state index in [0.29, 0.717) is 23.3 Å². The van der Waals surface area contributed by atoms with Gasteiger partial charge in [0.2, 0.25) is 0 Å². The van der Waals surface area contributed by atoms with E-state index in [-0.39, 0.29) is 12.5 Å². The first-order chi connectivity index (χ1) is 18.0. The molecule has 37 heavy (non-hydrogen) atoms. The van der Waals surface area contributed by atoms with Crippen molar-refractivity contribution < 1.29 is 9.59 Å². The number of hydrogen-bond acceptors (Lipinski definition) is 3. The van der Waals surface area contributed by atoms with E-state index in [9.17, 15) is 9.59 Å². The molecule has 0 aliphatic carbocycles. The molecule has 0 unspecified atom stereocenters. The average Bonchev–Trinajstić information content (AvgIpc) is 3.53. The number of fused-ring (bicyclic) bond motifs is 2. The van der Waals surface area contributed by atoms with Gasteiger partial charge in [0.05, 0.1) is 17.7 Å². The monoisotopic (exact) mass is 486 g/mol. The van der Waals surface area contributed by atoms with Crippen LogP contribution in [0.1, 0.15) is 22.3 Å². The van der Waals surface area contributed by atoms with Crippen molar-refractivity contribution in [2.45, 2.75) is 13.1 Å². The van der Waals surface area contributed by atoms with Gasteiger partial charge in [-0.15, -0.1) is 0 Å². The molecule has 0 atom stereocenters. The van der Waals surface area contributed by atoms with Gasteiger partial charge in [0.15, 0.2) is 0 Å². The maximum atomic E-state index is 13.2. The molecule has 1 aliphatic heterocycles. The predicted molar refractivity (Wildman–Crippen MR) is 143 cm³/mol. The van der Waals surface area contributed by atoms with E-state index in [1.165, 1.54) is 0 Å². The Bertz CT molecular complexity index is 1820. The number of carbonyl (C=O) groups excluding carboxylic acids is 2. The van der Waals surface area contributed by atoms with Crippen LogP contribution < -0.4 is 5.32 Å². The summed E-state index contributed by atoms with van der Waals surface area (Å²) >= 11 is 0. The Balaban J connectivity index is 1.53. The molecule has 8 heteroatoms. The Labute approximate surface area is 212 Å². The van der Waals surface area contributed by atoms with E-state index < -0.39 is 5.91 Å². The van der Waals surface area contributed by atoms with Crippen LogP contribution in [0.5, 0.6) is 0 Å². The average molecular weight is 487 g/mol. The Morgan fingerprint density at radius 1 is 0.811 bits per heavy atom. The molecule has 2 aromatic heterocycles. The summed E-state index contributed by atoms with van der Waals surface area (Å²) in [5.74, 6) is -0.786. The van der Waals surface area contributed by atoms with E-state index in [4.69, 9.17) is 5.53 Å². The first-order valence-electron chi connectivity index (χ1n) is 11.9. The van der Waals surface area contributed by atoms with Crippen molar-refractivity contribution in [3.8, 4) is 0 Å². The van der Waals surface area contributed by atoms with Gasteiger partial charge in [-0.25, -0.2) is 0 Å². The smallest absolute Gasteiger partial charge is 0.259 e. The number of para-hydroxylation sites is 2. The molecule has 0 bridgehead atoms. The van der Waals surface area contributed by atoms with Crippen LogP contribution in [0.3, 0.4) is 0 Å². The lowest BCUT2D eigenvalue weighted by molar-refractivity contribution is -0.122. The van der Waals surface area contributed by atoms with E-state index in [1.54, 1.807) is 0 Å². The number of amides is 2. The van der Waals surface area contributed by atoms with Crippen LogP contribution in [-0.2, 0) is 29.7 Å². The summed E-state index contributed by atoms with van der Waals surface area (Å²) < 4.78 is 4.05. The third-order valence-electron chi connectivity index (χ3n) is 6.82. The summed E-state index contributed by atoms with van der Waals surface area (Å²) in [4.78, 5) is 29.2. The quantitative estimate of drug-likeness (QED) is 0.147. The van der Waals surface area contributed by atoms with Crippen molar-refractivity contribution in [1.29, 1.82) is 0 Å². The fourth-order valence-corrected chi connectivity index (χ4v) is 5.22. The first kappa shape index (κ1) is 22.4. The zero-order valence-electron chi connectivity index (χ0n) is 20.0. The molecule has 0 radical (unpaired) electrons. The number of aryl methyl sites for hydroxylation is 1. The Morgan fingerprint density at radius 2 is 1.43 bits per heavy atom. The van der Waals surface area contributed by atoms with Gasteiger partial charge in [-0.05, 0) is 28.8 Å². The summed E-state index contributed by atoms with van der Waals surface area (Å²) in [6, 6.07) is 23.6. The van der Waals surface area contributed by atoms with Gasteiger partial charge >= 0.3 is 0 Å². The number of imide groups is 1. The van der Waals surface area contributed by atoms with Crippen molar-refractivity contribution in [2.75, 3.05) is 0 Å². The lowest BCUT2D eigenvalue weighted by atomic mass is 9.95. The van der Waals surface area contributed by atoms with Gasteiger partial charge in [-0.2, -0.15) is 0 Å². The van der Waals surface area contributed by atoms with Gasteiger partial charge in [0.25, 0.3) is 11.8 Å². The third kappa shape index (κ3) is 3.76. The molecule has 8 nitrogen and oxygen atoms in total. The highest BCUT2D eigenvalue weighted by Crippen LogP contribution is 2.38. The van der Waals surface area contributed by atoms with Crippen LogP contribution in [0.2, 0.25) is 0 Å². The second kappa shape index (κ2) is 8.86. The van der Waals surface area contributed by atoms with Gasteiger partial charge in [0, 0.05) is 63.8 Å². The standard InChI is InChI=1S/C29H22N6O2/c1-34-16-22(20-9-2-4-11-24(20)34)26-27(29(37)32-28(26)36)23-17-35(25-12-5-3-10-21(23)25)15-19-8-6-7-18(13-19)14-31-33-30/h2-13,16-17H,14-15H2,1H3,(H,32,36,37). The Kier molecular flexibility index (Phi) is 5.36. The van der Waals surface area contributed by atoms with Crippen molar-refractivity contribution >= 4 is 44.8 Å². The van der Waals surface area contributed by atoms with Crippen molar-refractivity contribution in [2.24, 2.45) is 12.2 Å². The fourth-order valence-electron chi connectivity index (χ4n) is 5.22. The topological polar surface area (TPSA) is 105 Å². The fraction of sp³-hybridized carbons (Fsp3) is 0.103.